The molecule has 6 heteroatoms. The molecule has 21 heavy (non-hydrogen) atoms. The Bertz CT molecular complexity index is 642. The van der Waals surface area contributed by atoms with E-state index >= 15 is 0 Å². The molecule has 110 valence electrons. The van der Waals surface area contributed by atoms with E-state index in [9.17, 15) is 13.6 Å². The fourth-order valence-electron chi connectivity index (χ4n) is 1.72. The number of hydrogen-bond acceptors (Lipinski definition) is 2. The third kappa shape index (κ3) is 3.92. The Kier molecular flexibility index (Phi) is 4.37. The molecule has 0 atom stereocenters. The van der Waals surface area contributed by atoms with Gasteiger partial charge < -0.3 is 15.5 Å². The van der Waals surface area contributed by atoms with Crippen molar-refractivity contribution in [3.63, 3.8) is 0 Å². The minimum Gasteiger partial charge on any atom is -0.378 e. The van der Waals surface area contributed by atoms with Crippen molar-refractivity contribution in [3.8, 4) is 0 Å². The quantitative estimate of drug-likeness (QED) is 0.906. The lowest BCUT2D eigenvalue weighted by atomic mass is 10.2. The van der Waals surface area contributed by atoms with Crippen LogP contribution in [0.3, 0.4) is 0 Å². The summed E-state index contributed by atoms with van der Waals surface area (Å²) in [5, 5.41) is 4.81. The van der Waals surface area contributed by atoms with E-state index in [2.05, 4.69) is 10.6 Å². The van der Waals surface area contributed by atoms with Crippen LogP contribution < -0.4 is 15.5 Å². The molecule has 0 unspecified atom stereocenters. The number of carbonyl (C=O) groups excluding carboxylic acids is 1. The smallest absolute Gasteiger partial charge is 0.323 e. The molecule has 2 N–H and O–H groups in total. The van der Waals surface area contributed by atoms with Crippen LogP contribution in [0.4, 0.5) is 30.6 Å². The van der Waals surface area contributed by atoms with Gasteiger partial charge in [0, 0.05) is 31.5 Å². The van der Waals surface area contributed by atoms with E-state index in [0.29, 0.717) is 5.69 Å². The summed E-state index contributed by atoms with van der Waals surface area (Å²) < 4.78 is 26.4. The average Bonchev–Trinajstić information content (AvgIpc) is 2.43. The molecule has 0 fully saturated rings. The molecule has 4 nitrogen and oxygen atoms in total. The number of benzene rings is 2. The molecule has 0 aliphatic heterocycles. The van der Waals surface area contributed by atoms with Gasteiger partial charge in [-0.25, -0.2) is 13.6 Å². The fraction of sp³-hybridized carbons (Fsp3) is 0.133. The second kappa shape index (κ2) is 6.21. The maximum Gasteiger partial charge on any atom is 0.323 e. The van der Waals surface area contributed by atoms with Crippen LogP contribution in [0.1, 0.15) is 0 Å². The first-order valence-corrected chi connectivity index (χ1v) is 6.26. The second-order valence-electron chi connectivity index (χ2n) is 4.64. The predicted molar refractivity (Wildman–Crippen MR) is 79.8 cm³/mol. The summed E-state index contributed by atoms with van der Waals surface area (Å²) in [4.78, 5) is 13.7. The normalized spacial score (nSPS) is 10.1. The molecule has 0 heterocycles. The van der Waals surface area contributed by atoms with Crippen molar-refractivity contribution in [3.05, 3.63) is 54.1 Å². The highest BCUT2D eigenvalue weighted by Crippen LogP contribution is 2.18. The van der Waals surface area contributed by atoms with Gasteiger partial charge in [0.15, 0.2) is 0 Å². The molecule has 0 aliphatic rings. The molecule has 2 aromatic rings. The first-order valence-electron chi connectivity index (χ1n) is 6.26. The van der Waals surface area contributed by atoms with Gasteiger partial charge >= 0.3 is 6.03 Å². The van der Waals surface area contributed by atoms with Crippen molar-refractivity contribution >= 4 is 23.1 Å². The molecule has 0 bridgehead atoms. The summed E-state index contributed by atoms with van der Waals surface area (Å²) in [5.41, 5.74) is 1.32. The number of urea groups is 1. The number of rotatable bonds is 3. The zero-order valence-corrected chi connectivity index (χ0v) is 11.7. The maximum absolute atomic E-state index is 13.4. The molecule has 2 amide bonds. The molecular weight excluding hydrogens is 276 g/mol. The van der Waals surface area contributed by atoms with E-state index in [1.807, 2.05) is 31.1 Å². The summed E-state index contributed by atoms with van der Waals surface area (Å²) >= 11 is 0. The highest BCUT2D eigenvalue weighted by Gasteiger charge is 2.08. The lowest BCUT2D eigenvalue weighted by Gasteiger charge is -2.13. The Labute approximate surface area is 121 Å². The van der Waals surface area contributed by atoms with Gasteiger partial charge in [-0.05, 0) is 36.4 Å². The van der Waals surface area contributed by atoms with Gasteiger partial charge in [0.25, 0.3) is 0 Å². The van der Waals surface area contributed by atoms with Gasteiger partial charge in [0.2, 0.25) is 0 Å². The lowest BCUT2D eigenvalue weighted by Crippen LogP contribution is -2.20. The molecule has 0 aromatic heterocycles. The Morgan fingerprint density at radius 3 is 2.29 bits per heavy atom. The second-order valence-corrected chi connectivity index (χ2v) is 4.64. The van der Waals surface area contributed by atoms with Crippen LogP contribution in [-0.2, 0) is 0 Å². The number of carbonyl (C=O) groups is 1. The molecule has 0 saturated carbocycles. The number of nitrogens with one attached hydrogen (secondary N) is 2. The van der Waals surface area contributed by atoms with Crippen molar-refractivity contribution in [2.45, 2.75) is 0 Å². The van der Waals surface area contributed by atoms with E-state index in [1.54, 1.807) is 12.1 Å². The van der Waals surface area contributed by atoms with E-state index < -0.39 is 17.7 Å². The summed E-state index contributed by atoms with van der Waals surface area (Å²) in [5.74, 6) is -1.32. The van der Waals surface area contributed by atoms with Gasteiger partial charge in [-0.15, -0.1) is 0 Å². The van der Waals surface area contributed by atoms with E-state index in [1.165, 1.54) is 0 Å². The van der Waals surface area contributed by atoms with Gasteiger partial charge in [-0.2, -0.15) is 0 Å². The van der Waals surface area contributed by atoms with Gasteiger partial charge in [0.1, 0.15) is 11.6 Å². The molecule has 2 rings (SSSR count). The summed E-state index contributed by atoms with van der Waals surface area (Å²) in [6.07, 6.45) is 0. The number of nitrogens with zero attached hydrogens (tertiary/aromatic N) is 1. The van der Waals surface area contributed by atoms with Crippen LogP contribution in [0, 0.1) is 11.6 Å². The lowest BCUT2D eigenvalue weighted by molar-refractivity contribution is 0.262. The fourth-order valence-corrected chi connectivity index (χ4v) is 1.72. The monoisotopic (exact) mass is 291 g/mol. The number of anilines is 3. The Balaban J connectivity index is 2.03. The van der Waals surface area contributed by atoms with Gasteiger partial charge in [-0.1, -0.05) is 0 Å². The van der Waals surface area contributed by atoms with Crippen LogP contribution in [0.5, 0.6) is 0 Å². The van der Waals surface area contributed by atoms with Crippen LogP contribution in [0.25, 0.3) is 0 Å². The highest BCUT2D eigenvalue weighted by atomic mass is 19.1. The zero-order chi connectivity index (χ0) is 15.4. The van der Waals surface area contributed by atoms with Crippen molar-refractivity contribution in [1.29, 1.82) is 0 Å². The van der Waals surface area contributed by atoms with E-state index in [0.717, 1.165) is 23.9 Å². The highest BCUT2D eigenvalue weighted by molar-refractivity contribution is 5.99. The summed E-state index contributed by atoms with van der Waals surface area (Å²) in [6, 6.07) is 9.32. The number of halogens is 2. The first-order chi connectivity index (χ1) is 9.95. The Morgan fingerprint density at radius 2 is 1.67 bits per heavy atom. The third-order valence-corrected chi connectivity index (χ3v) is 2.82. The Morgan fingerprint density at radius 1 is 1.00 bits per heavy atom. The topological polar surface area (TPSA) is 44.4 Å². The molecule has 0 radical (unpaired) electrons. The molecule has 2 aromatic carbocycles. The molecule has 0 saturated heterocycles. The summed E-state index contributed by atoms with van der Waals surface area (Å²) in [7, 11) is 3.81. The average molecular weight is 291 g/mol. The summed E-state index contributed by atoms with van der Waals surface area (Å²) in [6.45, 7) is 0. The third-order valence-electron chi connectivity index (χ3n) is 2.82. The van der Waals surface area contributed by atoms with Gasteiger partial charge in [-0.3, -0.25) is 0 Å². The van der Waals surface area contributed by atoms with Crippen LogP contribution in [0.2, 0.25) is 0 Å². The van der Waals surface area contributed by atoms with Crippen LogP contribution in [-0.4, -0.2) is 20.1 Å². The van der Waals surface area contributed by atoms with Crippen LogP contribution >= 0.6 is 0 Å². The van der Waals surface area contributed by atoms with E-state index in [-0.39, 0.29) is 5.69 Å². The van der Waals surface area contributed by atoms with Crippen molar-refractivity contribution < 1.29 is 13.6 Å². The zero-order valence-electron chi connectivity index (χ0n) is 11.7. The molecular formula is C15H15F2N3O. The standard InChI is InChI=1S/C15H15F2N3O/c1-20(2)12-6-4-11(5-7-12)18-15(21)19-14-9-10(16)3-8-13(14)17/h3-9H,1-2H3,(H2,18,19,21). The minimum atomic E-state index is -0.700. The van der Waals surface area contributed by atoms with Gasteiger partial charge in [0.05, 0.1) is 5.69 Å². The Hall–Kier alpha value is -2.63. The minimum absolute atomic E-state index is 0.211. The SMILES string of the molecule is CN(C)c1ccc(NC(=O)Nc2cc(F)ccc2F)cc1. The molecule has 0 spiro atoms. The first kappa shape index (κ1) is 14.8. The molecule has 0 aliphatic carbocycles. The maximum atomic E-state index is 13.4. The number of hydrogen-bond donors (Lipinski definition) is 2. The predicted octanol–water partition coefficient (Wildman–Crippen LogP) is 3.67. The van der Waals surface area contributed by atoms with Crippen molar-refractivity contribution in [2.24, 2.45) is 0 Å². The van der Waals surface area contributed by atoms with E-state index in [4.69, 9.17) is 0 Å². The van der Waals surface area contributed by atoms with Crippen LogP contribution in [0.15, 0.2) is 42.5 Å². The van der Waals surface area contributed by atoms with Crippen molar-refractivity contribution in [2.75, 3.05) is 29.6 Å². The van der Waals surface area contributed by atoms with Crippen molar-refractivity contribution in [1.82, 2.24) is 0 Å². The largest absolute Gasteiger partial charge is 0.378 e. The number of amides is 2.